The molecule has 1 aliphatic carbocycles. The second-order valence-electron chi connectivity index (χ2n) is 9.03. The van der Waals surface area contributed by atoms with Gasteiger partial charge in [0.25, 0.3) is 0 Å². The standard InChI is InChI=1S/C23H28N6O2S/c1-15-10-18(27-28(15)2)13-21-20-12-17(24)11-16(20)14-29(21)22-8-9-23(26-25-22)32(30,31)19-6-4-3-5-7-19/h3-10,16-17,20-21H,11-14,24H2,1-2H3/t16-,17+,20+,21+/m1/s1. The lowest BCUT2D eigenvalue weighted by Crippen LogP contribution is -2.37. The van der Waals surface area contributed by atoms with Crippen molar-refractivity contribution in [3.8, 4) is 0 Å². The summed E-state index contributed by atoms with van der Waals surface area (Å²) in [6.07, 6.45) is 2.81. The highest BCUT2D eigenvalue weighted by Crippen LogP contribution is 2.44. The van der Waals surface area contributed by atoms with Gasteiger partial charge in [0.1, 0.15) is 0 Å². The average Bonchev–Trinajstić information content (AvgIpc) is 3.41. The van der Waals surface area contributed by atoms with Crippen molar-refractivity contribution in [3.63, 3.8) is 0 Å². The Bertz CT molecular complexity index is 1190. The van der Waals surface area contributed by atoms with E-state index in [2.05, 4.69) is 33.2 Å². The third-order valence-electron chi connectivity index (χ3n) is 6.94. The molecule has 3 heterocycles. The molecule has 0 radical (unpaired) electrons. The zero-order valence-electron chi connectivity index (χ0n) is 18.3. The van der Waals surface area contributed by atoms with E-state index in [1.54, 1.807) is 42.5 Å². The number of anilines is 1. The van der Waals surface area contributed by atoms with Crippen LogP contribution in [-0.4, -0.2) is 47.0 Å². The number of aryl methyl sites for hydroxylation is 2. The summed E-state index contributed by atoms with van der Waals surface area (Å²) in [7, 11) is -1.73. The van der Waals surface area contributed by atoms with Crippen LogP contribution in [0.25, 0.3) is 0 Å². The largest absolute Gasteiger partial charge is 0.351 e. The molecule has 1 saturated carbocycles. The number of aromatic nitrogens is 4. The third-order valence-corrected chi connectivity index (χ3v) is 8.60. The van der Waals surface area contributed by atoms with E-state index in [0.717, 1.165) is 37.2 Å². The van der Waals surface area contributed by atoms with Crippen LogP contribution in [-0.2, 0) is 23.3 Å². The van der Waals surface area contributed by atoms with Crippen molar-refractivity contribution in [1.82, 2.24) is 20.0 Å². The maximum absolute atomic E-state index is 12.9. The van der Waals surface area contributed by atoms with E-state index < -0.39 is 9.84 Å². The van der Waals surface area contributed by atoms with Crippen molar-refractivity contribution in [2.75, 3.05) is 11.4 Å². The molecule has 32 heavy (non-hydrogen) atoms. The predicted octanol–water partition coefficient (Wildman–Crippen LogP) is 2.14. The summed E-state index contributed by atoms with van der Waals surface area (Å²) in [5.41, 5.74) is 8.46. The minimum atomic E-state index is -3.69. The lowest BCUT2D eigenvalue weighted by molar-refractivity contribution is 0.414. The zero-order valence-corrected chi connectivity index (χ0v) is 19.1. The summed E-state index contributed by atoms with van der Waals surface area (Å²) in [6.45, 7) is 2.91. The molecule has 2 N–H and O–H groups in total. The van der Waals surface area contributed by atoms with Crippen LogP contribution in [0.1, 0.15) is 24.2 Å². The van der Waals surface area contributed by atoms with Gasteiger partial charge in [0, 0.05) is 37.8 Å². The first-order valence-corrected chi connectivity index (χ1v) is 12.5. The second-order valence-corrected chi connectivity index (χ2v) is 10.9. The molecule has 2 aliphatic rings. The Hall–Kier alpha value is -2.78. The second kappa shape index (κ2) is 7.97. The molecule has 5 rings (SSSR count). The van der Waals surface area contributed by atoms with Crippen LogP contribution < -0.4 is 10.6 Å². The lowest BCUT2D eigenvalue weighted by Gasteiger charge is -2.28. The van der Waals surface area contributed by atoms with Gasteiger partial charge in [0.2, 0.25) is 9.84 Å². The van der Waals surface area contributed by atoms with Crippen LogP contribution in [0.2, 0.25) is 0 Å². The number of rotatable bonds is 5. The molecule has 9 heteroatoms. The Labute approximate surface area is 188 Å². The van der Waals surface area contributed by atoms with E-state index >= 15 is 0 Å². The first kappa shape index (κ1) is 21.1. The van der Waals surface area contributed by atoms with Gasteiger partial charge in [-0.3, -0.25) is 4.68 Å². The molecule has 0 bridgehead atoms. The van der Waals surface area contributed by atoms with Crippen molar-refractivity contribution < 1.29 is 8.42 Å². The number of nitrogens with two attached hydrogens (primary N) is 1. The fraction of sp³-hybridized carbons (Fsp3) is 0.435. The van der Waals surface area contributed by atoms with E-state index in [0.29, 0.717) is 17.7 Å². The van der Waals surface area contributed by atoms with Crippen LogP contribution >= 0.6 is 0 Å². The highest BCUT2D eigenvalue weighted by atomic mass is 32.2. The molecule has 1 aliphatic heterocycles. The molecule has 0 spiro atoms. The number of hydrogen-bond acceptors (Lipinski definition) is 7. The van der Waals surface area contributed by atoms with Gasteiger partial charge in [-0.1, -0.05) is 18.2 Å². The zero-order chi connectivity index (χ0) is 22.5. The molecule has 2 aromatic heterocycles. The molecular weight excluding hydrogens is 424 g/mol. The summed E-state index contributed by atoms with van der Waals surface area (Å²) in [5.74, 6) is 1.69. The first-order chi connectivity index (χ1) is 15.3. The fourth-order valence-electron chi connectivity index (χ4n) is 5.31. The fourth-order valence-corrected chi connectivity index (χ4v) is 6.46. The van der Waals surface area contributed by atoms with Crippen LogP contribution in [0.4, 0.5) is 5.82 Å². The Kier molecular flexibility index (Phi) is 5.25. The molecule has 3 aromatic rings. The summed E-state index contributed by atoms with van der Waals surface area (Å²) in [6, 6.07) is 14.3. The average molecular weight is 453 g/mol. The normalized spacial score (nSPS) is 25.3. The Morgan fingerprint density at radius 2 is 1.88 bits per heavy atom. The SMILES string of the molecule is Cc1cc(C[C@H]2[C@H]3C[C@@H](N)C[C@@H]3CN2c2ccc(S(=O)(=O)c3ccccc3)nn2)nn1C. The molecule has 0 amide bonds. The van der Waals surface area contributed by atoms with Gasteiger partial charge in [0.05, 0.1) is 10.6 Å². The molecule has 0 unspecified atom stereocenters. The summed E-state index contributed by atoms with van der Waals surface area (Å²) < 4.78 is 27.6. The van der Waals surface area contributed by atoms with Gasteiger partial charge >= 0.3 is 0 Å². The first-order valence-electron chi connectivity index (χ1n) is 11.0. The number of benzene rings is 1. The van der Waals surface area contributed by atoms with E-state index in [9.17, 15) is 8.42 Å². The number of sulfone groups is 1. The third kappa shape index (κ3) is 3.69. The highest BCUT2D eigenvalue weighted by molar-refractivity contribution is 7.91. The maximum atomic E-state index is 12.9. The van der Waals surface area contributed by atoms with Crippen molar-refractivity contribution >= 4 is 15.7 Å². The summed E-state index contributed by atoms with van der Waals surface area (Å²) in [5, 5.41) is 13.1. The smallest absolute Gasteiger partial charge is 0.225 e. The quantitative estimate of drug-likeness (QED) is 0.632. The molecular formula is C23H28N6O2S. The lowest BCUT2D eigenvalue weighted by atomic mass is 9.91. The molecule has 8 nitrogen and oxygen atoms in total. The Balaban J connectivity index is 1.43. The maximum Gasteiger partial charge on any atom is 0.225 e. The Morgan fingerprint density at radius 1 is 1.09 bits per heavy atom. The topological polar surface area (TPSA) is 107 Å². The molecule has 168 valence electrons. The number of nitrogens with zero attached hydrogens (tertiary/aromatic N) is 5. The van der Waals surface area contributed by atoms with E-state index in [4.69, 9.17) is 5.73 Å². The van der Waals surface area contributed by atoms with Gasteiger partial charge in [-0.15, -0.1) is 10.2 Å². The van der Waals surface area contributed by atoms with Gasteiger partial charge in [-0.2, -0.15) is 5.10 Å². The van der Waals surface area contributed by atoms with Crippen LogP contribution in [0.3, 0.4) is 0 Å². The minimum Gasteiger partial charge on any atom is -0.351 e. The number of hydrogen-bond donors (Lipinski definition) is 1. The van der Waals surface area contributed by atoms with Gasteiger partial charge in [-0.05, 0) is 61.9 Å². The van der Waals surface area contributed by atoms with Crippen LogP contribution in [0.15, 0.2) is 58.5 Å². The predicted molar refractivity (Wildman–Crippen MR) is 121 cm³/mol. The highest BCUT2D eigenvalue weighted by Gasteiger charge is 2.47. The molecule has 1 aromatic carbocycles. The van der Waals surface area contributed by atoms with Gasteiger partial charge in [0.15, 0.2) is 10.8 Å². The summed E-state index contributed by atoms with van der Waals surface area (Å²) >= 11 is 0. The molecule has 1 saturated heterocycles. The molecule has 4 atom stereocenters. The van der Waals surface area contributed by atoms with E-state index in [-0.39, 0.29) is 22.0 Å². The van der Waals surface area contributed by atoms with E-state index in [1.807, 2.05) is 11.7 Å². The van der Waals surface area contributed by atoms with Gasteiger partial charge < -0.3 is 10.6 Å². The van der Waals surface area contributed by atoms with Crippen LogP contribution in [0, 0.1) is 18.8 Å². The minimum absolute atomic E-state index is 0.0363. The van der Waals surface area contributed by atoms with Crippen molar-refractivity contribution in [2.45, 2.75) is 48.2 Å². The van der Waals surface area contributed by atoms with Gasteiger partial charge in [-0.25, -0.2) is 8.42 Å². The Morgan fingerprint density at radius 3 is 2.53 bits per heavy atom. The van der Waals surface area contributed by atoms with Crippen molar-refractivity contribution in [3.05, 3.63) is 59.9 Å². The van der Waals surface area contributed by atoms with E-state index in [1.165, 1.54) is 0 Å². The monoisotopic (exact) mass is 452 g/mol. The summed E-state index contributed by atoms with van der Waals surface area (Å²) in [4.78, 5) is 2.49. The van der Waals surface area contributed by atoms with Crippen LogP contribution in [0.5, 0.6) is 0 Å². The van der Waals surface area contributed by atoms with Crippen molar-refractivity contribution in [2.24, 2.45) is 24.6 Å². The van der Waals surface area contributed by atoms with Crippen molar-refractivity contribution in [1.29, 1.82) is 0 Å². The molecule has 2 fully saturated rings. The number of fused-ring (bicyclic) bond motifs is 1.